The van der Waals surface area contributed by atoms with E-state index < -0.39 is 17.6 Å². The van der Waals surface area contributed by atoms with Crippen LogP contribution in [0.25, 0.3) is 0 Å². The maximum atomic E-state index is 13.0. The number of ketones is 2. The zero-order valence-electron chi connectivity index (χ0n) is 13.3. The van der Waals surface area contributed by atoms with Crippen molar-refractivity contribution in [3.05, 3.63) is 48.0 Å². The first kappa shape index (κ1) is 15.1. The van der Waals surface area contributed by atoms with Crippen molar-refractivity contribution in [2.45, 2.75) is 37.3 Å². The molecule has 2 aliphatic carbocycles. The van der Waals surface area contributed by atoms with E-state index >= 15 is 0 Å². The van der Waals surface area contributed by atoms with Gasteiger partial charge >= 0.3 is 6.09 Å². The van der Waals surface area contributed by atoms with Crippen molar-refractivity contribution in [1.29, 1.82) is 0 Å². The topological polar surface area (TPSA) is 63.7 Å². The van der Waals surface area contributed by atoms with Crippen LogP contribution in [-0.4, -0.2) is 34.7 Å². The first-order valence-electron chi connectivity index (χ1n) is 8.38. The zero-order valence-corrected chi connectivity index (χ0v) is 13.3. The van der Waals surface area contributed by atoms with Crippen molar-refractivity contribution in [3.63, 3.8) is 0 Å². The standard InChI is InChI=1S/C19H19NO4/c21-16-10-11-19(14(16)8-4-5-9-17(19)22)20-15(12-24-18(20)23)13-6-2-1-3-7-13/h1-4,6-8,14-15H,5,9-12H2/t14-,15+,19+/m0/s1. The molecule has 1 aromatic rings. The molecule has 5 heteroatoms. The molecule has 24 heavy (non-hydrogen) atoms. The summed E-state index contributed by atoms with van der Waals surface area (Å²) in [5, 5.41) is 0. The van der Waals surface area contributed by atoms with Crippen LogP contribution in [0.5, 0.6) is 0 Å². The highest BCUT2D eigenvalue weighted by molar-refractivity contribution is 6.02. The Kier molecular flexibility index (Phi) is 3.52. The van der Waals surface area contributed by atoms with Gasteiger partial charge in [0.15, 0.2) is 5.78 Å². The molecule has 1 heterocycles. The highest BCUT2D eigenvalue weighted by atomic mass is 16.6. The van der Waals surface area contributed by atoms with Crippen molar-refractivity contribution in [2.24, 2.45) is 5.92 Å². The van der Waals surface area contributed by atoms with Crippen LogP contribution in [0.2, 0.25) is 0 Å². The molecule has 1 aliphatic heterocycles. The normalized spacial score (nSPS) is 32.7. The van der Waals surface area contributed by atoms with Crippen molar-refractivity contribution in [2.75, 3.05) is 6.61 Å². The van der Waals surface area contributed by atoms with Crippen molar-refractivity contribution in [1.82, 2.24) is 4.90 Å². The monoisotopic (exact) mass is 325 g/mol. The number of cyclic esters (lactones) is 1. The second-order valence-corrected chi connectivity index (χ2v) is 6.63. The zero-order chi connectivity index (χ0) is 16.7. The van der Waals surface area contributed by atoms with Gasteiger partial charge in [-0.25, -0.2) is 4.79 Å². The first-order chi connectivity index (χ1) is 11.6. The van der Waals surface area contributed by atoms with Crippen LogP contribution in [0.3, 0.4) is 0 Å². The van der Waals surface area contributed by atoms with Crippen molar-refractivity contribution < 1.29 is 19.1 Å². The molecule has 1 aromatic carbocycles. The Hall–Kier alpha value is -2.43. The Morgan fingerprint density at radius 3 is 2.67 bits per heavy atom. The number of hydrogen-bond acceptors (Lipinski definition) is 4. The van der Waals surface area contributed by atoms with E-state index in [4.69, 9.17) is 4.74 Å². The van der Waals surface area contributed by atoms with Gasteiger partial charge in [0, 0.05) is 12.8 Å². The Morgan fingerprint density at radius 1 is 1.08 bits per heavy atom. The molecule has 0 unspecified atom stereocenters. The second kappa shape index (κ2) is 5.58. The summed E-state index contributed by atoms with van der Waals surface area (Å²) in [5.74, 6) is -0.541. The van der Waals surface area contributed by atoms with Gasteiger partial charge in [-0.2, -0.15) is 0 Å². The predicted octanol–water partition coefficient (Wildman–Crippen LogP) is 2.82. The Balaban J connectivity index is 1.83. The number of amides is 1. The molecule has 1 amide bonds. The Morgan fingerprint density at radius 2 is 1.88 bits per heavy atom. The van der Waals surface area contributed by atoms with E-state index in [9.17, 15) is 14.4 Å². The average molecular weight is 325 g/mol. The molecule has 1 saturated heterocycles. The van der Waals surface area contributed by atoms with Gasteiger partial charge in [0.2, 0.25) is 0 Å². The highest BCUT2D eigenvalue weighted by Gasteiger charge is 2.61. The molecule has 0 aromatic heterocycles. The minimum atomic E-state index is -1.09. The van der Waals surface area contributed by atoms with Gasteiger partial charge in [-0.15, -0.1) is 0 Å². The lowest BCUT2D eigenvalue weighted by Gasteiger charge is -2.41. The average Bonchev–Trinajstić information content (AvgIpc) is 3.08. The third-order valence-corrected chi connectivity index (χ3v) is 5.45. The van der Waals surface area contributed by atoms with Crippen LogP contribution in [0, 0.1) is 5.92 Å². The third kappa shape index (κ3) is 2.04. The number of fused-ring (bicyclic) bond motifs is 1. The Labute approximate surface area is 140 Å². The van der Waals surface area contributed by atoms with E-state index in [-0.39, 0.29) is 24.2 Å². The number of rotatable bonds is 2. The number of Topliss-reactive ketones (excluding diaryl/α,β-unsaturated/α-hetero) is 2. The quantitative estimate of drug-likeness (QED) is 0.784. The van der Waals surface area contributed by atoms with E-state index in [1.807, 2.05) is 42.5 Å². The molecule has 0 bridgehead atoms. The van der Waals surface area contributed by atoms with Crippen molar-refractivity contribution >= 4 is 17.7 Å². The summed E-state index contributed by atoms with van der Waals surface area (Å²) in [6, 6.07) is 9.24. The van der Waals surface area contributed by atoms with Gasteiger partial charge < -0.3 is 4.74 Å². The molecular formula is C19H19NO4. The van der Waals surface area contributed by atoms with Crippen LogP contribution in [0.1, 0.15) is 37.3 Å². The molecule has 0 N–H and O–H groups in total. The molecule has 4 rings (SSSR count). The number of benzene rings is 1. The van der Waals surface area contributed by atoms with Gasteiger partial charge in [0.05, 0.1) is 12.0 Å². The summed E-state index contributed by atoms with van der Waals surface area (Å²) in [6.45, 7) is 0.211. The van der Waals surface area contributed by atoms with Crippen LogP contribution in [0.4, 0.5) is 4.79 Å². The summed E-state index contributed by atoms with van der Waals surface area (Å²) < 4.78 is 5.31. The number of ether oxygens (including phenoxy) is 1. The van der Waals surface area contributed by atoms with Gasteiger partial charge in [0.1, 0.15) is 17.9 Å². The molecule has 3 aliphatic rings. The van der Waals surface area contributed by atoms with E-state index in [1.165, 1.54) is 0 Å². The summed E-state index contributed by atoms with van der Waals surface area (Å²) in [5.41, 5.74) is -0.158. The van der Waals surface area contributed by atoms with Crippen molar-refractivity contribution in [3.8, 4) is 0 Å². The molecule has 0 spiro atoms. The smallest absolute Gasteiger partial charge is 0.411 e. The lowest BCUT2D eigenvalue weighted by atomic mass is 9.79. The van der Waals surface area contributed by atoms with E-state index in [2.05, 4.69) is 0 Å². The van der Waals surface area contributed by atoms with Gasteiger partial charge in [-0.05, 0) is 18.4 Å². The van der Waals surface area contributed by atoms with Crippen LogP contribution in [0.15, 0.2) is 42.5 Å². The fraction of sp³-hybridized carbons (Fsp3) is 0.421. The molecule has 1 saturated carbocycles. The minimum Gasteiger partial charge on any atom is -0.447 e. The van der Waals surface area contributed by atoms with E-state index in [0.717, 1.165) is 5.56 Å². The molecule has 2 fully saturated rings. The first-order valence-corrected chi connectivity index (χ1v) is 8.38. The van der Waals surface area contributed by atoms with E-state index in [0.29, 0.717) is 25.7 Å². The van der Waals surface area contributed by atoms with Crippen LogP contribution < -0.4 is 0 Å². The summed E-state index contributed by atoms with van der Waals surface area (Å²) in [6.07, 6.45) is 4.91. The summed E-state index contributed by atoms with van der Waals surface area (Å²) in [4.78, 5) is 39.6. The largest absolute Gasteiger partial charge is 0.447 e. The van der Waals surface area contributed by atoms with Crippen LogP contribution in [-0.2, 0) is 14.3 Å². The molecule has 5 nitrogen and oxygen atoms in total. The number of nitrogens with zero attached hydrogens (tertiary/aromatic N) is 1. The maximum absolute atomic E-state index is 13.0. The fourth-order valence-corrected chi connectivity index (χ4v) is 4.32. The number of carbonyl (C=O) groups is 3. The molecule has 0 radical (unpaired) electrons. The third-order valence-electron chi connectivity index (χ3n) is 5.45. The second-order valence-electron chi connectivity index (χ2n) is 6.63. The van der Waals surface area contributed by atoms with Gasteiger partial charge in [-0.1, -0.05) is 42.5 Å². The SMILES string of the molecule is O=C1CC[C@]2(N3C(=O)OC[C@@H]3c3ccccc3)C(=O)CCC=C[C@@H]12. The number of hydrogen-bond donors (Lipinski definition) is 0. The molecular weight excluding hydrogens is 306 g/mol. The van der Waals surface area contributed by atoms with Gasteiger partial charge in [0.25, 0.3) is 0 Å². The van der Waals surface area contributed by atoms with E-state index in [1.54, 1.807) is 4.90 Å². The summed E-state index contributed by atoms with van der Waals surface area (Å²) >= 11 is 0. The van der Waals surface area contributed by atoms with Crippen LogP contribution >= 0.6 is 0 Å². The molecule has 124 valence electrons. The fourth-order valence-electron chi connectivity index (χ4n) is 4.32. The van der Waals surface area contributed by atoms with Gasteiger partial charge in [-0.3, -0.25) is 14.5 Å². The maximum Gasteiger partial charge on any atom is 0.411 e. The number of allylic oxidation sites excluding steroid dienone is 1. The lowest BCUT2D eigenvalue weighted by molar-refractivity contribution is -0.134. The number of carbonyl (C=O) groups excluding carboxylic acids is 3. The Bertz CT molecular complexity index is 726. The molecule has 3 atom stereocenters. The summed E-state index contributed by atoms with van der Waals surface area (Å²) in [7, 11) is 0. The minimum absolute atomic E-state index is 0.0249. The predicted molar refractivity (Wildman–Crippen MR) is 86.2 cm³/mol. The highest BCUT2D eigenvalue weighted by Crippen LogP contribution is 2.48. The lowest BCUT2D eigenvalue weighted by Crippen LogP contribution is -2.58.